The maximum absolute atomic E-state index is 13.0. The van der Waals surface area contributed by atoms with Crippen LogP contribution in [0.3, 0.4) is 0 Å². The molecule has 0 spiro atoms. The Hall–Kier alpha value is -2.10. The lowest BCUT2D eigenvalue weighted by molar-refractivity contribution is 0.0692. The molecular formula is C19H22N2O2. The second kappa shape index (κ2) is 6.19. The van der Waals surface area contributed by atoms with Crippen LogP contribution in [0.25, 0.3) is 0 Å². The van der Waals surface area contributed by atoms with Gasteiger partial charge in [-0.25, -0.2) is 0 Å². The van der Waals surface area contributed by atoms with Crippen LogP contribution in [0.1, 0.15) is 53.1 Å². The molecule has 1 unspecified atom stereocenters. The van der Waals surface area contributed by atoms with Crippen LogP contribution in [0.15, 0.2) is 34.9 Å². The van der Waals surface area contributed by atoms with Crippen LogP contribution in [0.5, 0.6) is 0 Å². The van der Waals surface area contributed by atoms with Crippen molar-refractivity contribution < 1.29 is 9.32 Å². The van der Waals surface area contributed by atoms with Crippen molar-refractivity contribution in [3.8, 4) is 0 Å². The van der Waals surface area contributed by atoms with Gasteiger partial charge < -0.3 is 9.42 Å². The van der Waals surface area contributed by atoms with E-state index in [0.29, 0.717) is 5.76 Å². The molecule has 4 rings (SSSR count). The number of hydrogen-bond acceptors (Lipinski definition) is 3. The van der Waals surface area contributed by atoms with Gasteiger partial charge in [-0.2, -0.15) is 0 Å². The van der Waals surface area contributed by atoms with Crippen molar-refractivity contribution in [3.05, 3.63) is 52.9 Å². The van der Waals surface area contributed by atoms with Gasteiger partial charge in [0.05, 0.1) is 5.69 Å². The minimum Gasteiger partial charge on any atom is -0.350 e. The number of fused-ring (bicyclic) bond motifs is 1. The molecule has 2 heterocycles. The van der Waals surface area contributed by atoms with Gasteiger partial charge in [-0.3, -0.25) is 4.79 Å². The lowest BCUT2D eigenvalue weighted by Crippen LogP contribution is -2.37. The molecule has 1 fully saturated rings. The van der Waals surface area contributed by atoms with Crippen molar-refractivity contribution in [2.75, 3.05) is 6.54 Å². The maximum atomic E-state index is 13.0. The van der Waals surface area contributed by atoms with E-state index < -0.39 is 0 Å². The van der Waals surface area contributed by atoms with Crippen molar-refractivity contribution in [1.29, 1.82) is 0 Å². The van der Waals surface area contributed by atoms with E-state index in [9.17, 15) is 4.79 Å². The van der Waals surface area contributed by atoms with Crippen LogP contribution in [0, 0.1) is 0 Å². The molecule has 2 aromatic rings. The first-order valence-corrected chi connectivity index (χ1v) is 8.65. The quantitative estimate of drug-likeness (QED) is 0.873. The van der Waals surface area contributed by atoms with Gasteiger partial charge in [0.15, 0.2) is 0 Å². The second-order valence-electron chi connectivity index (χ2n) is 6.63. The molecule has 0 radical (unpaired) electrons. The van der Waals surface area contributed by atoms with Gasteiger partial charge in [0.2, 0.25) is 5.76 Å². The van der Waals surface area contributed by atoms with E-state index in [0.717, 1.165) is 62.7 Å². The lowest BCUT2D eigenvalue weighted by atomic mass is 9.95. The monoisotopic (exact) mass is 310 g/mol. The summed E-state index contributed by atoms with van der Waals surface area (Å²) in [7, 11) is 0. The fourth-order valence-corrected chi connectivity index (χ4v) is 3.89. The van der Waals surface area contributed by atoms with Crippen molar-refractivity contribution in [2.45, 2.75) is 51.0 Å². The third-order valence-corrected chi connectivity index (χ3v) is 5.11. The summed E-state index contributed by atoms with van der Waals surface area (Å²) in [6, 6.07) is 10.7. The van der Waals surface area contributed by atoms with E-state index in [4.69, 9.17) is 4.52 Å². The third-order valence-electron chi connectivity index (χ3n) is 5.11. The predicted octanol–water partition coefficient (Wildman–Crippen LogP) is 3.40. The summed E-state index contributed by atoms with van der Waals surface area (Å²) in [5.41, 5.74) is 3.35. The highest BCUT2D eigenvalue weighted by Gasteiger charge is 2.34. The van der Waals surface area contributed by atoms with Gasteiger partial charge in [0.25, 0.3) is 5.91 Å². The molecule has 2 aliphatic rings. The smallest absolute Gasteiger partial charge is 0.293 e. The second-order valence-corrected chi connectivity index (χ2v) is 6.63. The van der Waals surface area contributed by atoms with Gasteiger partial charge in [-0.1, -0.05) is 35.5 Å². The number of carbonyl (C=O) groups excluding carboxylic acids is 1. The minimum absolute atomic E-state index is 0.0408. The average Bonchev–Trinajstić information content (AvgIpc) is 3.22. The van der Waals surface area contributed by atoms with Gasteiger partial charge in [-0.05, 0) is 50.5 Å². The molecule has 0 N–H and O–H groups in total. The fraction of sp³-hybridized carbons (Fsp3) is 0.474. The van der Waals surface area contributed by atoms with E-state index in [-0.39, 0.29) is 11.9 Å². The Morgan fingerprint density at radius 1 is 1.17 bits per heavy atom. The maximum Gasteiger partial charge on any atom is 0.293 e. The van der Waals surface area contributed by atoms with E-state index in [1.807, 2.05) is 11.0 Å². The Bertz CT molecular complexity index is 693. The van der Waals surface area contributed by atoms with Crippen LogP contribution >= 0.6 is 0 Å². The van der Waals surface area contributed by atoms with Crippen molar-refractivity contribution in [1.82, 2.24) is 10.1 Å². The normalized spacial score (nSPS) is 20.5. The fourth-order valence-electron chi connectivity index (χ4n) is 3.89. The summed E-state index contributed by atoms with van der Waals surface area (Å²) in [4.78, 5) is 15.0. The van der Waals surface area contributed by atoms with E-state index in [2.05, 4.69) is 29.4 Å². The molecule has 1 aliphatic carbocycles. The van der Waals surface area contributed by atoms with Crippen LogP contribution in [0.4, 0.5) is 0 Å². The van der Waals surface area contributed by atoms with E-state index in [1.54, 1.807) is 0 Å². The third kappa shape index (κ3) is 2.78. The van der Waals surface area contributed by atoms with Crippen LogP contribution in [-0.4, -0.2) is 28.6 Å². The molecule has 1 amide bonds. The summed E-state index contributed by atoms with van der Waals surface area (Å²) < 4.78 is 5.45. The molecule has 0 bridgehead atoms. The summed E-state index contributed by atoms with van der Waals surface area (Å²) in [6.07, 6.45) is 7.20. The molecule has 0 saturated carbocycles. The first kappa shape index (κ1) is 14.5. The molecule has 4 heteroatoms. The van der Waals surface area contributed by atoms with Crippen molar-refractivity contribution in [3.63, 3.8) is 0 Å². The summed E-state index contributed by atoms with van der Waals surface area (Å²) in [5, 5.41) is 4.14. The summed E-state index contributed by atoms with van der Waals surface area (Å²) in [6.45, 7) is 0.825. The Balaban J connectivity index is 1.54. The summed E-state index contributed by atoms with van der Waals surface area (Å²) in [5.74, 6) is 0.541. The number of hydrogen-bond donors (Lipinski definition) is 0. The van der Waals surface area contributed by atoms with Gasteiger partial charge >= 0.3 is 0 Å². The lowest BCUT2D eigenvalue weighted by Gasteiger charge is -2.24. The standard InChI is InChI=1S/C19H22N2O2/c22-19(18-16-10-4-5-11-17(16)20-23-18)21-12-6-9-15(21)13-14-7-2-1-3-8-14/h1-3,7-8,15H,4-6,9-13H2. The molecule has 120 valence electrons. The zero-order valence-electron chi connectivity index (χ0n) is 13.3. The van der Waals surface area contributed by atoms with E-state index >= 15 is 0 Å². The van der Waals surface area contributed by atoms with Crippen LogP contribution < -0.4 is 0 Å². The highest BCUT2D eigenvalue weighted by molar-refractivity contribution is 5.93. The highest BCUT2D eigenvalue weighted by Crippen LogP contribution is 2.28. The Morgan fingerprint density at radius 2 is 2.00 bits per heavy atom. The zero-order chi connectivity index (χ0) is 15.6. The Morgan fingerprint density at radius 3 is 2.87 bits per heavy atom. The molecule has 1 aliphatic heterocycles. The number of carbonyl (C=O) groups is 1. The molecule has 1 saturated heterocycles. The van der Waals surface area contributed by atoms with Crippen molar-refractivity contribution >= 4 is 5.91 Å². The number of likely N-dealkylation sites (tertiary alicyclic amines) is 1. The molecule has 1 aromatic heterocycles. The SMILES string of the molecule is O=C(c1onc2c1CCCC2)N1CCCC1Cc1ccccc1. The average molecular weight is 310 g/mol. The van der Waals surface area contributed by atoms with Gasteiger partial charge in [0.1, 0.15) is 0 Å². The van der Waals surface area contributed by atoms with Crippen LogP contribution in [-0.2, 0) is 19.3 Å². The van der Waals surface area contributed by atoms with Crippen LogP contribution in [0.2, 0.25) is 0 Å². The topological polar surface area (TPSA) is 46.3 Å². The number of aromatic nitrogens is 1. The molecule has 4 nitrogen and oxygen atoms in total. The number of aryl methyl sites for hydroxylation is 1. The Labute approximate surface area is 136 Å². The molecule has 23 heavy (non-hydrogen) atoms. The van der Waals surface area contributed by atoms with Crippen molar-refractivity contribution in [2.24, 2.45) is 0 Å². The molecule has 1 aromatic carbocycles. The number of nitrogens with zero attached hydrogens (tertiary/aromatic N) is 2. The van der Waals surface area contributed by atoms with E-state index in [1.165, 1.54) is 5.56 Å². The highest BCUT2D eigenvalue weighted by atomic mass is 16.5. The first-order valence-electron chi connectivity index (χ1n) is 8.65. The first-order chi connectivity index (χ1) is 11.3. The Kier molecular flexibility index (Phi) is 3.90. The van der Waals surface area contributed by atoms with Gasteiger partial charge in [0, 0.05) is 18.2 Å². The largest absolute Gasteiger partial charge is 0.350 e. The number of benzene rings is 1. The summed E-state index contributed by atoms with van der Waals surface area (Å²) >= 11 is 0. The molecule has 1 atom stereocenters. The number of amides is 1. The molecular weight excluding hydrogens is 288 g/mol. The van der Waals surface area contributed by atoms with Gasteiger partial charge in [-0.15, -0.1) is 0 Å². The predicted molar refractivity (Wildman–Crippen MR) is 87.3 cm³/mol. The minimum atomic E-state index is 0.0408. The number of rotatable bonds is 3. The zero-order valence-corrected chi connectivity index (χ0v) is 13.3.